The smallest absolute Gasteiger partial charge is 0.455 e. The molecule has 30 heteroatoms. The standard InChI is InChI=1S/C77H94ClF3N12O11S3/c1-49(51-14-16-53(17-15-51)69-50(2)85-48-105-69)86-73(98)64-42-58(94)47-93(64)74(99)70(75(3,4)5)87-67(95)12-9-8-10-13-68(96)92-38-32-89(33-39-92)31-11-29-82-63-25-23-60(43-66(63)106(100,101)77(79,80)81)107(102,103)88-72(97)61-24-22-57(41-65(61)104-59-40-54-27-30-83-71(54)84-45-59)91-36-34-90(35-37-91)46-55-26-28-76(6,7)44-62(55)52-18-20-56(78)21-19-52/h14-25,27,30,40-41,43,45,48-49,58,64,70,82,94H,8-13,26,28-29,31-39,42,44,46-47H2,1-7H3,(H,83,84)(H,86,98)(H,87,95)(H,88,97)/t49-,58+,64-,70+/m0/s1. The number of benzene rings is 4. The second-order valence-corrected chi connectivity index (χ2v) is 34.9. The third-order valence-electron chi connectivity index (χ3n) is 20.5. The Hall–Kier alpha value is -8.45. The van der Waals surface area contributed by atoms with Gasteiger partial charge in [-0.2, -0.15) is 13.2 Å². The number of aromatic amines is 1. The van der Waals surface area contributed by atoms with Crippen molar-refractivity contribution in [2.75, 3.05) is 88.8 Å². The number of unbranched alkanes of at least 4 members (excludes halogenated alkanes) is 2. The number of pyridine rings is 1. The number of aliphatic hydroxyl groups excluding tert-OH is 1. The number of hydrogen-bond acceptors (Lipinski definition) is 18. The SMILES string of the molecule is Cc1ncsc1-c1ccc([C@H](C)NC(=O)[C@@H]2C[C@@H](O)CN2C(=O)[C@@H](NC(=O)CCCCCC(=O)N2CCN(CCCNc3ccc(S(=O)(=O)NC(=O)c4ccc(N5CCN(CC6=C(c7ccc(Cl)cc7)CC(C)(C)CC6)CC5)cc4Oc4cnc5[nH]ccc5c4)cc3S(=O)(=O)C(F)(F)F)CC2)C(C)(C)C)cc1. The normalized spacial score (nSPS) is 18.3. The molecule has 107 heavy (non-hydrogen) atoms. The molecule has 4 aromatic carbocycles. The summed E-state index contributed by atoms with van der Waals surface area (Å²) < 4.78 is 106. The zero-order chi connectivity index (χ0) is 76.8. The molecule has 0 unspecified atom stereocenters. The maximum Gasteiger partial charge on any atom is 0.501 e. The number of halogens is 4. The quantitative estimate of drug-likeness (QED) is 0.0261. The number of carbonyl (C=O) groups excluding carboxylic acids is 5. The number of aromatic nitrogens is 3. The molecule has 4 atom stereocenters. The number of fused-ring (bicyclic) bond motifs is 1. The lowest BCUT2D eigenvalue weighted by Crippen LogP contribution is -2.57. The van der Waals surface area contributed by atoms with E-state index in [2.05, 4.69) is 71.6 Å². The number of sulfone groups is 1. The number of rotatable bonds is 27. The molecule has 0 saturated carbocycles. The van der Waals surface area contributed by atoms with Crippen LogP contribution in [0.4, 0.5) is 24.5 Å². The number of alkyl halides is 3. The van der Waals surface area contributed by atoms with Gasteiger partial charge in [0.05, 0.1) is 50.6 Å². The van der Waals surface area contributed by atoms with E-state index in [9.17, 15) is 59.1 Å². The van der Waals surface area contributed by atoms with Gasteiger partial charge in [0, 0.05) is 120 Å². The maximum atomic E-state index is 14.4. The summed E-state index contributed by atoms with van der Waals surface area (Å²) in [7, 11) is -11.2. The first-order chi connectivity index (χ1) is 50.7. The van der Waals surface area contributed by atoms with Gasteiger partial charge in [0.2, 0.25) is 23.6 Å². The second-order valence-electron chi connectivity index (χ2n) is 30.0. The van der Waals surface area contributed by atoms with Crippen molar-refractivity contribution in [3.8, 4) is 21.9 Å². The van der Waals surface area contributed by atoms with Crippen molar-refractivity contribution in [2.45, 2.75) is 152 Å². The number of nitrogens with one attached hydrogen (secondary N) is 5. The molecule has 4 aliphatic rings. The molecule has 574 valence electrons. The Morgan fingerprint density at radius 3 is 2.21 bits per heavy atom. The number of nitrogens with zero attached hydrogens (tertiary/aromatic N) is 7. The van der Waals surface area contributed by atoms with Gasteiger partial charge in [-0.05, 0) is 147 Å². The van der Waals surface area contributed by atoms with E-state index in [0.29, 0.717) is 99.3 Å². The minimum atomic E-state index is -6.17. The third-order valence-corrected chi connectivity index (χ3v) is 24.6. The number of β-amino-alcohol motifs (C(OH)–C–C–N with tert-alkyl or cyclic N) is 1. The summed E-state index contributed by atoms with van der Waals surface area (Å²) in [4.78, 5) is 89.3. The minimum Gasteiger partial charge on any atom is -0.455 e. The van der Waals surface area contributed by atoms with Gasteiger partial charge >= 0.3 is 5.51 Å². The fourth-order valence-electron chi connectivity index (χ4n) is 14.3. The van der Waals surface area contributed by atoms with Crippen molar-refractivity contribution in [3.63, 3.8) is 0 Å². The lowest BCUT2D eigenvalue weighted by atomic mass is 9.72. The molecule has 0 bridgehead atoms. The second kappa shape index (κ2) is 33.6. The van der Waals surface area contributed by atoms with Gasteiger partial charge in [0.25, 0.3) is 25.8 Å². The topological polar surface area (TPSA) is 289 Å². The van der Waals surface area contributed by atoms with Gasteiger partial charge in [-0.25, -0.2) is 31.5 Å². The Morgan fingerprint density at radius 1 is 0.813 bits per heavy atom. The van der Waals surface area contributed by atoms with Crippen LogP contribution in [-0.2, 0) is 39.0 Å². The first-order valence-electron chi connectivity index (χ1n) is 36.2. The average Bonchev–Trinajstić information content (AvgIpc) is 1.76. The molecule has 11 rings (SSSR count). The van der Waals surface area contributed by atoms with Crippen LogP contribution in [0.2, 0.25) is 5.02 Å². The molecule has 23 nitrogen and oxygen atoms in total. The number of H-pyrrole nitrogens is 1. The Morgan fingerprint density at radius 2 is 1.51 bits per heavy atom. The largest absolute Gasteiger partial charge is 0.501 e. The number of carbonyl (C=O) groups is 5. The Balaban J connectivity index is 0.641. The van der Waals surface area contributed by atoms with Gasteiger partial charge in [-0.15, -0.1) is 11.3 Å². The van der Waals surface area contributed by atoms with Gasteiger partial charge < -0.3 is 45.5 Å². The van der Waals surface area contributed by atoms with E-state index in [4.69, 9.17) is 16.3 Å². The van der Waals surface area contributed by atoms with Crippen LogP contribution < -0.4 is 30.3 Å². The highest BCUT2D eigenvalue weighted by atomic mass is 35.5. The van der Waals surface area contributed by atoms with Crippen LogP contribution in [0.3, 0.4) is 0 Å². The average molecular weight is 1550 g/mol. The van der Waals surface area contributed by atoms with Gasteiger partial charge in [-0.1, -0.05) is 94.6 Å². The van der Waals surface area contributed by atoms with Gasteiger partial charge in [-0.3, -0.25) is 33.8 Å². The Kier molecular flexibility index (Phi) is 25.0. The molecule has 6 heterocycles. The molecule has 3 aromatic heterocycles. The molecule has 3 aliphatic heterocycles. The van der Waals surface area contributed by atoms with Gasteiger partial charge in [0.15, 0.2) is 0 Å². The molecule has 0 radical (unpaired) electrons. The lowest BCUT2D eigenvalue weighted by molar-refractivity contribution is -0.144. The third kappa shape index (κ3) is 19.7. The van der Waals surface area contributed by atoms with Crippen molar-refractivity contribution in [1.29, 1.82) is 0 Å². The number of anilines is 2. The van der Waals surface area contributed by atoms with Crippen molar-refractivity contribution in [1.82, 2.24) is 49.9 Å². The van der Waals surface area contributed by atoms with Crippen LogP contribution in [0.25, 0.3) is 27.0 Å². The number of allylic oxidation sites excluding steroid dienone is 1. The number of ether oxygens (including phenoxy) is 1. The van der Waals surface area contributed by atoms with Gasteiger partial charge in [0.1, 0.15) is 34.1 Å². The van der Waals surface area contributed by atoms with E-state index in [-0.39, 0.29) is 66.6 Å². The molecule has 7 aromatic rings. The molecule has 0 spiro atoms. The summed E-state index contributed by atoms with van der Waals surface area (Å²) in [6.45, 7) is 19.4. The first-order valence-corrected chi connectivity index (χ1v) is 40.5. The lowest BCUT2D eigenvalue weighted by Gasteiger charge is -2.39. The fraction of sp³-hybridized carbons (Fsp3) is 0.468. The molecule has 1 aliphatic carbocycles. The van der Waals surface area contributed by atoms with Crippen LogP contribution in [0.15, 0.2) is 130 Å². The van der Waals surface area contributed by atoms with Crippen molar-refractivity contribution < 1.29 is 63.8 Å². The fourth-order valence-corrected chi connectivity index (χ4v) is 17.2. The number of thiazole rings is 1. The Labute approximate surface area is 632 Å². The van der Waals surface area contributed by atoms with Crippen molar-refractivity contribution >= 4 is 100 Å². The van der Waals surface area contributed by atoms with E-state index in [1.165, 1.54) is 33.9 Å². The van der Waals surface area contributed by atoms with E-state index in [1.807, 2.05) is 75.7 Å². The van der Waals surface area contributed by atoms with E-state index >= 15 is 0 Å². The first kappa shape index (κ1) is 79.6. The molecule has 3 fully saturated rings. The number of amides is 5. The van der Waals surface area contributed by atoms with E-state index in [0.717, 1.165) is 72.7 Å². The zero-order valence-electron chi connectivity index (χ0n) is 61.2. The van der Waals surface area contributed by atoms with Crippen molar-refractivity contribution in [3.05, 3.63) is 148 Å². The highest BCUT2D eigenvalue weighted by molar-refractivity contribution is 7.92. The highest BCUT2D eigenvalue weighted by Crippen LogP contribution is 2.44. The molecule has 3 saturated heterocycles. The van der Waals surface area contributed by atoms with E-state index in [1.54, 1.807) is 52.2 Å². The number of piperazine rings is 2. The van der Waals surface area contributed by atoms with Crippen LogP contribution >= 0.6 is 22.9 Å². The predicted octanol–water partition coefficient (Wildman–Crippen LogP) is 11.9. The molecular formula is C77H94ClF3N12O11S3. The monoisotopic (exact) mass is 1550 g/mol. The number of likely N-dealkylation sites (tertiary alicyclic amines) is 1. The summed E-state index contributed by atoms with van der Waals surface area (Å²) >= 11 is 7.82. The van der Waals surface area contributed by atoms with Crippen LogP contribution in [0.5, 0.6) is 11.5 Å². The Bertz CT molecular complexity index is 4650. The molecule has 6 N–H and O–H groups in total. The maximum absolute atomic E-state index is 14.4. The van der Waals surface area contributed by atoms with Crippen molar-refractivity contribution in [2.24, 2.45) is 10.8 Å². The summed E-state index contributed by atoms with van der Waals surface area (Å²) in [5, 5.41) is 20.8. The number of hydrogen-bond donors (Lipinski definition) is 6. The summed E-state index contributed by atoms with van der Waals surface area (Å²) in [5.74, 6) is -2.34. The summed E-state index contributed by atoms with van der Waals surface area (Å²) in [5.41, 5.74) is 2.58. The zero-order valence-corrected chi connectivity index (χ0v) is 64.4. The molecular weight excluding hydrogens is 1460 g/mol. The molecule has 5 amide bonds. The number of aryl methyl sites for hydroxylation is 1. The number of sulfonamides is 1. The van der Waals surface area contributed by atoms with Crippen LogP contribution in [0.1, 0.15) is 139 Å². The van der Waals surface area contributed by atoms with Crippen LogP contribution in [0, 0.1) is 17.8 Å². The highest BCUT2D eigenvalue weighted by Gasteiger charge is 2.49. The summed E-state index contributed by atoms with van der Waals surface area (Å²) in [6, 6.07) is 23.8. The number of aliphatic hydroxyl groups is 1. The minimum absolute atomic E-state index is 0.0231. The van der Waals surface area contributed by atoms with Crippen LogP contribution in [-0.4, -0.2) is 188 Å². The summed E-state index contributed by atoms with van der Waals surface area (Å²) in [6.07, 6.45) is 7.38. The van der Waals surface area contributed by atoms with E-state index < -0.39 is 88.2 Å². The predicted molar refractivity (Wildman–Crippen MR) is 407 cm³/mol.